The van der Waals surface area contributed by atoms with Crippen molar-refractivity contribution in [2.45, 2.75) is 26.4 Å². The maximum Gasteiger partial charge on any atom is 0.161 e. The highest BCUT2D eigenvalue weighted by Gasteiger charge is 2.11. The Bertz CT molecular complexity index is 423. The van der Waals surface area contributed by atoms with Crippen LogP contribution in [0.25, 0.3) is 0 Å². The second-order valence-corrected chi connectivity index (χ2v) is 4.61. The summed E-state index contributed by atoms with van der Waals surface area (Å²) < 4.78 is 16.4. The van der Waals surface area contributed by atoms with E-state index in [1.807, 2.05) is 32.0 Å². The first kappa shape index (κ1) is 15.7. The third-order valence-electron chi connectivity index (χ3n) is 2.58. The number of hydrogen-bond donors (Lipinski definition) is 1. The van der Waals surface area contributed by atoms with Gasteiger partial charge in [0.05, 0.1) is 12.7 Å². The van der Waals surface area contributed by atoms with Crippen LogP contribution in [0.3, 0.4) is 0 Å². The van der Waals surface area contributed by atoms with Gasteiger partial charge in [0.2, 0.25) is 0 Å². The van der Waals surface area contributed by atoms with Crippen molar-refractivity contribution in [3.8, 4) is 11.5 Å². The molecular formula is C14H21NO3S. The topological polar surface area (TPSA) is 53.7 Å². The fraction of sp³-hybridized carbons (Fsp3) is 0.500. The predicted octanol–water partition coefficient (Wildman–Crippen LogP) is 2.52. The molecule has 0 bridgehead atoms. The lowest BCUT2D eigenvalue weighted by atomic mass is 10.2. The Labute approximate surface area is 119 Å². The number of methoxy groups -OCH3 is 1. The molecule has 0 heterocycles. The van der Waals surface area contributed by atoms with Crippen molar-refractivity contribution in [3.05, 3.63) is 23.8 Å². The molecule has 0 aromatic heterocycles. The van der Waals surface area contributed by atoms with Crippen LogP contribution in [0.1, 0.15) is 25.8 Å². The van der Waals surface area contributed by atoms with Gasteiger partial charge in [0.1, 0.15) is 4.99 Å². The van der Waals surface area contributed by atoms with Gasteiger partial charge in [-0.15, -0.1) is 0 Å². The number of thiocarbonyl (C=S) groups is 1. The number of rotatable bonds is 8. The summed E-state index contributed by atoms with van der Waals surface area (Å²) in [6.07, 6.45) is 0.869. The van der Waals surface area contributed by atoms with Gasteiger partial charge in [0.25, 0.3) is 0 Å². The van der Waals surface area contributed by atoms with E-state index >= 15 is 0 Å². The number of hydrogen-bond acceptors (Lipinski definition) is 4. The first-order chi connectivity index (χ1) is 9.08. The third-order valence-corrected chi connectivity index (χ3v) is 2.82. The third kappa shape index (κ3) is 5.04. The predicted molar refractivity (Wildman–Crippen MR) is 80.1 cm³/mol. The minimum atomic E-state index is 0.0508. The Morgan fingerprint density at radius 3 is 2.68 bits per heavy atom. The molecule has 106 valence electrons. The lowest BCUT2D eigenvalue weighted by molar-refractivity contribution is 0.132. The van der Waals surface area contributed by atoms with Crippen molar-refractivity contribution >= 4 is 17.2 Å². The summed E-state index contributed by atoms with van der Waals surface area (Å²) in [4.78, 5) is 0.347. The van der Waals surface area contributed by atoms with E-state index in [0.29, 0.717) is 29.7 Å². The fourth-order valence-electron chi connectivity index (χ4n) is 1.59. The lowest BCUT2D eigenvalue weighted by Gasteiger charge is -2.17. The van der Waals surface area contributed by atoms with Crippen molar-refractivity contribution < 1.29 is 14.2 Å². The number of nitrogens with two attached hydrogens (primary N) is 1. The van der Waals surface area contributed by atoms with E-state index in [0.717, 1.165) is 12.0 Å². The molecule has 0 aliphatic rings. The van der Waals surface area contributed by atoms with E-state index in [1.54, 1.807) is 7.11 Å². The van der Waals surface area contributed by atoms with Gasteiger partial charge in [-0.25, -0.2) is 0 Å². The molecule has 1 aromatic carbocycles. The fourth-order valence-corrected chi connectivity index (χ4v) is 1.71. The zero-order valence-electron chi connectivity index (χ0n) is 11.6. The van der Waals surface area contributed by atoms with Crippen LogP contribution in [0, 0.1) is 0 Å². The van der Waals surface area contributed by atoms with Gasteiger partial charge in [-0.1, -0.05) is 12.2 Å². The molecule has 4 nitrogen and oxygen atoms in total. The quantitative estimate of drug-likeness (QED) is 0.743. The Morgan fingerprint density at radius 1 is 1.37 bits per heavy atom. The van der Waals surface area contributed by atoms with Gasteiger partial charge in [-0.2, -0.15) is 0 Å². The highest BCUT2D eigenvalue weighted by Crippen LogP contribution is 2.29. The van der Waals surface area contributed by atoms with Gasteiger partial charge < -0.3 is 19.9 Å². The van der Waals surface area contributed by atoms with Crippen LogP contribution in [-0.2, 0) is 4.74 Å². The molecule has 0 spiro atoms. The molecule has 5 heteroatoms. The SMILES string of the molecule is CCOc1cc(C(N)=S)ccc1OC(C)CCOC. The van der Waals surface area contributed by atoms with E-state index < -0.39 is 0 Å². The van der Waals surface area contributed by atoms with Gasteiger partial charge in [0.15, 0.2) is 11.5 Å². The van der Waals surface area contributed by atoms with Crippen LogP contribution in [0.4, 0.5) is 0 Å². The molecule has 0 radical (unpaired) electrons. The van der Waals surface area contributed by atoms with Crippen molar-refractivity contribution in [3.63, 3.8) is 0 Å². The standard InChI is InChI=1S/C14H21NO3S/c1-4-17-13-9-11(14(15)19)5-6-12(13)18-10(2)7-8-16-3/h5-6,9-10H,4,7-8H2,1-3H3,(H2,15,19). The molecule has 0 amide bonds. The molecule has 0 aliphatic heterocycles. The van der Waals surface area contributed by atoms with Crippen molar-refractivity contribution in [1.82, 2.24) is 0 Å². The summed E-state index contributed by atoms with van der Waals surface area (Å²) in [6.45, 7) is 5.14. The van der Waals surface area contributed by atoms with Crippen molar-refractivity contribution in [2.24, 2.45) is 5.73 Å². The molecule has 2 N–H and O–H groups in total. The second-order valence-electron chi connectivity index (χ2n) is 4.17. The average Bonchev–Trinajstić information content (AvgIpc) is 2.38. The van der Waals surface area contributed by atoms with E-state index in [1.165, 1.54) is 0 Å². The Hall–Kier alpha value is -1.33. The first-order valence-electron chi connectivity index (χ1n) is 6.30. The normalized spacial score (nSPS) is 11.9. The smallest absolute Gasteiger partial charge is 0.161 e. The van der Waals surface area contributed by atoms with Gasteiger partial charge in [-0.05, 0) is 32.0 Å². The minimum Gasteiger partial charge on any atom is -0.490 e. The molecule has 0 aliphatic carbocycles. The summed E-state index contributed by atoms with van der Waals surface area (Å²) in [5.74, 6) is 1.36. The van der Waals surface area contributed by atoms with Crippen LogP contribution < -0.4 is 15.2 Å². The van der Waals surface area contributed by atoms with Gasteiger partial charge >= 0.3 is 0 Å². The Kier molecular flexibility index (Phi) is 6.59. The largest absolute Gasteiger partial charge is 0.490 e. The molecule has 1 unspecified atom stereocenters. The summed E-state index contributed by atoms with van der Waals surface area (Å²) >= 11 is 4.96. The number of ether oxygens (including phenoxy) is 3. The van der Waals surface area contributed by atoms with Crippen molar-refractivity contribution in [2.75, 3.05) is 20.3 Å². The highest BCUT2D eigenvalue weighted by molar-refractivity contribution is 7.80. The monoisotopic (exact) mass is 283 g/mol. The molecular weight excluding hydrogens is 262 g/mol. The van der Waals surface area contributed by atoms with E-state index in [2.05, 4.69) is 0 Å². The first-order valence-corrected chi connectivity index (χ1v) is 6.71. The molecule has 1 rings (SSSR count). The molecule has 0 saturated heterocycles. The van der Waals surface area contributed by atoms with E-state index in [-0.39, 0.29) is 6.10 Å². The highest BCUT2D eigenvalue weighted by atomic mass is 32.1. The molecule has 19 heavy (non-hydrogen) atoms. The van der Waals surface area contributed by atoms with Gasteiger partial charge in [0, 0.05) is 25.7 Å². The summed E-state index contributed by atoms with van der Waals surface area (Å²) in [5.41, 5.74) is 6.39. The van der Waals surface area contributed by atoms with Crippen LogP contribution in [0.5, 0.6) is 11.5 Å². The zero-order valence-corrected chi connectivity index (χ0v) is 12.5. The van der Waals surface area contributed by atoms with E-state index in [4.69, 9.17) is 32.2 Å². The van der Waals surface area contributed by atoms with Gasteiger partial charge in [-0.3, -0.25) is 0 Å². The summed E-state index contributed by atoms with van der Waals surface area (Å²) in [7, 11) is 1.68. The van der Waals surface area contributed by atoms with Crippen LogP contribution >= 0.6 is 12.2 Å². The molecule has 0 fully saturated rings. The number of benzene rings is 1. The summed E-state index contributed by atoms with van der Waals surface area (Å²) in [6, 6.07) is 5.48. The summed E-state index contributed by atoms with van der Waals surface area (Å²) in [5, 5.41) is 0. The van der Waals surface area contributed by atoms with Crippen LogP contribution in [-0.4, -0.2) is 31.4 Å². The maximum absolute atomic E-state index is 5.85. The second kappa shape index (κ2) is 7.96. The lowest BCUT2D eigenvalue weighted by Crippen LogP contribution is -2.15. The maximum atomic E-state index is 5.85. The van der Waals surface area contributed by atoms with Crippen molar-refractivity contribution in [1.29, 1.82) is 0 Å². The molecule has 1 aromatic rings. The molecule has 1 atom stereocenters. The van der Waals surface area contributed by atoms with Crippen LogP contribution in [0.2, 0.25) is 0 Å². The zero-order chi connectivity index (χ0) is 14.3. The average molecular weight is 283 g/mol. The van der Waals surface area contributed by atoms with Crippen LogP contribution in [0.15, 0.2) is 18.2 Å². The van der Waals surface area contributed by atoms with E-state index in [9.17, 15) is 0 Å². The Morgan fingerprint density at radius 2 is 2.11 bits per heavy atom. The molecule has 0 saturated carbocycles. The minimum absolute atomic E-state index is 0.0508. The Balaban J connectivity index is 2.83.